The summed E-state index contributed by atoms with van der Waals surface area (Å²) in [5.41, 5.74) is -1.99. The second-order valence-electron chi connectivity index (χ2n) is 8.20. The van der Waals surface area contributed by atoms with Gasteiger partial charge in [-0.2, -0.15) is 0 Å². The van der Waals surface area contributed by atoms with Gasteiger partial charge in [0.2, 0.25) is 0 Å². The Bertz CT molecular complexity index is 605. The fourth-order valence-electron chi connectivity index (χ4n) is 3.74. The molecule has 0 aliphatic rings. The number of benzene rings is 1. The molecule has 0 aromatic heterocycles. The second kappa shape index (κ2) is 7.14. The van der Waals surface area contributed by atoms with E-state index in [1.165, 1.54) is 12.1 Å². The van der Waals surface area contributed by atoms with Crippen LogP contribution in [0.25, 0.3) is 0 Å². The largest absolute Gasteiger partial charge is 0.508 e. The number of carbonyl (C=O) groups excluding carboxylic acids is 2. The molecule has 140 valence electrons. The predicted octanol–water partition coefficient (Wildman–Crippen LogP) is 2.15. The zero-order chi connectivity index (χ0) is 19.6. The Morgan fingerprint density at radius 3 is 1.80 bits per heavy atom. The van der Waals surface area contributed by atoms with Gasteiger partial charge in [-0.05, 0) is 28.5 Å². The zero-order valence-electron chi connectivity index (χ0n) is 15.7. The summed E-state index contributed by atoms with van der Waals surface area (Å²) in [6.45, 7) is 10.3. The summed E-state index contributed by atoms with van der Waals surface area (Å²) in [6, 6.07) is 6.19. The Morgan fingerprint density at radius 1 is 1.00 bits per heavy atom. The molecule has 1 aromatic rings. The van der Waals surface area contributed by atoms with E-state index in [-0.39, 0.29) is 5.75 Å². The Balaban J connectivity index is 3.59. The van der Waals surface area contributed by atoms with Crippen LogP contribution in [0.5, 0.6) is 5.75 Å². The monoisotopic (exact) mass is 352 g/mol. The minimum absolute atomic E-state index is 0.0561. The van der Waals surface area contributed by atoms with Gasteiger partial charge >= 0.3 is 11.9 Å². The Kier molecular flexibility index (Phi) is 6.03. The Morgan fingerprint density at radius 2 is 1.44 bits per heavy atom. The van der Waals surface area contributed by atoms with Crippen LogP contribution in [0, 0.1) is 10.8 Å². The van der Waals surface area contributed by atoms with Crippen molar-refractivity contribution in [1.29, 1.82) is 0 Å². The number of aromatic hydroxyl groups is 1. The molecular formula is C19H28O6. The molecule has 6 heteroatoms. The molecule has 0 aliphatic carbocycles. The summed E-state index contributed by atoms with van der Waals surface area (Å²) >= 11 is 0. The van der Waals surface area contributed by atoms with Crippen LogP contribution in [0.2, 0.25) is 0 Å². The van der Waals surface area contributed by atoms with Crippen molar-refractivity contribution in [1.82, 2.24) is 0 Å². The molecule has 0 spiro atoms. The molecule has 0 bridgehead atoms. The van der Waals surface area contributed by atoms with Gasteiger partial charge < -0.3 is 20.1 Å². The van der Waals surface area contributed by atoms with Gasteiger partial charge in [-0.15, -0.1) is 0 Å². The summed E-state index contributed by atoms with van der Waals surface area (Å²) in [5.74, 6) is -1.94. The normalized spacial score (nSPS) is 14.1. The highest BCUT2D eigenvalue weighted by atomic mass is 16.6. The summed E-state index contributed by atoms with van der Waals surface area (Å²) in [6.07, 6.45) is -1.78. The van der Waals surface area contributed by atoms with Crippen molar-refractivity contribution in [2.45, 2.75) is 53.1 Å². The van der Waals surface area contributed by atoms with Crippen molar-refractivity contribution in [2.75, 3.05) is 6.61 Å². The van der Waals surface area contributed by atoms with Crippen LogP contribution >= 0.6 is 0 Å². The summed E-state index contributed by atoms with van der Waals surface area (Å²) in [7, 11) is 0. The number of phenols is 1. The number of aliphatic hydroxyl groups excluding tert-OH is 2. The lowest BCUT2D eigenvalue weighted by atomic mass is 9.51. The topological polar surface area (TPSA) is 104 Å². The Labute approximate surface area is 148 Å². The lowest BCUT2D eigenvalue weighted by molar-refractivity contribution is -0.178. The van der Waals surface area contributed by atoms with E-state index < -0.39 is 40.9 Å². The molecule has 25 heavy (non-hydrogen) atoms. The van der Waals surface area contributed by atoms with E-state index in [0.29, 0.717) is 5.56 Å². The van der Waals surface area contributed by atoms with E-state index in [0.717, 1.165) is 0 Å². The van der Waals surface area contributed by atoms with Crippen molar-refractivity contribution in [2.24, 2.45) is 10.8 Å². The third kappa shape index (κ3) is 3.85. The molecule has 0 saturated carbocycles. The Hall–Kier alpha value is -1.92. The van der Waals surface area contributed by atoms with Crippen molar-refractivity contribution in [3.63, 3.8) is 0 Å². The molecule has 3 N–H and O–H groups in total. The maximum absolute atomic E-state index is 13.2. The molecule has 0 heterocycles. The first-order valence-electron chi connectivity index (χ1n) is 8.13. The van der Waals surface area contributed by atoms with Gasteiger partial charge in [0.05, 0.1) is 6.61 Å². The van der Waals surface area contributed by atoms with Crippen LogP contribution in [0.3, 0.4) is 0 Å². The van der Waals surface area contributed by atoms with Crippen molar-refractivity contribution in [3.8, 4) is 5.75 Å². The van der Waals surface area contributed by atoms with Crippen LogP contribution in [0.15, 0.2) is 24.3 Å². The van der Waals surface area contributed by atoms with Crippen molar-refractivity contribution >= 4 is 11.9 Å². The van der Waals surface area contributed by atoms with E-state index in [2.05, 4.69) is 0 Å². The molecular weight excluding hydrogens is 324 g/mol. The number of esters is 2. The molecule has 1 atom stereocenters. The first-order chi connectivity index (χ1) is 11.3. The summed E-state index contributed by atoms with van der Waals surface area (Å²) in [4.78, 5) is 25.1. The molecule has 6 nitrogen and oxygen atoms in total. The quantitative estimate of drug-likeness (QED) is 0.566. The highest BCUT2D eigenvalue weighted by Gasteiger charge is 2.59. The third-order valence-corrected chi connectivity index (χ3v) is 4.49. The molecule has 0 radical (unpaired) electrons. The molecule has 1 unspecified atom stereocenters. The molecule has 0 amide bonds. The lowest BCUT2D eigenvalue weighted by Gasteiger charge is -2.51. The van der Waals surface area contributed by atoms with Gasteiger partial charge in [-0.25, -0.2) is 4.79 Å². The number of aliphatic hydroxyl groups is 2. The number of ether oxygens (including phenoxy) is 1. The van der Waals surface area contributed by atoms with Gasteiger partial charge in [0, 0.05) is 0 Å². The van der Waals surface area contributed by atoms with Gasteiger partial charge in [0.25, 0.3) is 0 Å². The van der Waals surface area contributed by atoms with E-state index in [9.17, 15) is 19.8 Å². The smallest absolute Gasteiger partial charge is 0.345 e. The fraction of sp³-hybridized carbons (Fsp3) is 0.579. The van der Waals surface area contributed by atoms with Gasteiger partial charge in [-0.3, -0.25) is 4.79 Å². The number of phenolic OH excluding ortho intramolecular Hbond substituents is 1. The van der Waals surface area contributed by atoms with Crippen LogP contribution < -0.4 is 0 Å². The minimum Gasteiger partial charge on any atom is -0.508 e. The van der Waals surface area contributed by atoms with E-state index in [1.54, 1.807) is 12.1 Å². The number of hydrogen-bond acceptors (Lipinski definition) is 6. The summed E-state index contributed by atoms with van der Waals surface area (Å²) in [5, 5.41) is 27.9. The SMILES string of the molecule is CC(C)(C)C(C(=O)OC(=O)C(O)CO)(c1ccc(O)cc1)C(C)(C)C. The molecule has 1 aromatic carbocycles. The van der Waals surface area contributed by atoms with Gasteiger partial charge in [0.15, 0.2) is 6.10 Å². The van der Waals surface area contributed by atoms with E-state index in [4.69, 9.17) is 9.84 Å². The molecule has 0 aliphatic heterocycles. The average molecular weight is 352 g/mol. The van der Waals surface area contributed by atoms with Gasteiger partial charge in [0.1, 0.15) is 11.2 Å². The van der Waals surface area contributed by atoms with Crippen molar-refractivity contribution in [3.05, 3.63) is 29.8 Å². The van der Waals surface area contributed by atoms with Crippen LogP contribution in [0.4, 0.5) is 0 Å². The average Bonchev–Trinajstić information content (AvgIpc) is 2.45. The zero-order valence-corrected chi connectivity index (χ0v) is 15.7. The fourth-order valence-corrected chi connectivity index (χ4v) is 3.74. The first kappa shape index (κ1) is 21.1. The van der Waals surface area contributed by atoms with Crippen LogP contribution in [0.1, 0.15) is 47.1 Å². The highest BCUT2D eigenvalue weighted by molar-refractivity contribution is 5.95. The van der Waals surface area contributed by atoms with E-state index >= 15 is 0 Å². The molecule has 1 rings (SSSR count). The standard InChI is InChI=1S/C19H28O6/c1-17(2,3)19(18(4,5)6,12-7-9-13(21)10-8-12)16(24)25-15(23)14(22)11-20/h7-10,14,20-22H,11H2,1-6H3. The number of rotatable bonds is 4. The maximum Gasteiger partial charge on any atom is 0.345 e. The third-order valence-electron chi connectivity index (χ3n) is 4.49. The lowest BCUT2D eigenvalue weighted by Crippen LogP contribution is -2.57. The highest BCUT2D eigenvalue weighted by Crippen LogP contribution is 2.54. The number of carbonyl (C=O) groups is 2. The van der Waals surface area contributed by atoms with Crippen LogP contribution in [-0.2, 0) is 19.7 Å². The first-order valence-corrected chi connectivity index (χ1v) is 8.13. The number of hydrogen-bond donors (Lipinski definition) is 3. The van der Waals surface area contributed by atoms with E-state index in [1.807, 2.05) is 41.5 Å². The second-order valence-corrected chi connectivity index (χ2v) is 8.20. The predicted molar refractivity (Wildman–Crippen MR) is 92.9 cm³/mol. The summed E-state index contributed by atoms with van der Waals surface area (Å²) < 4.78 is 4.96. The van der Waals surface area contributed by atoms with Gasteiger partial charge in [-0.1, -0.05) is 53.7 Å². The minimum atomic E-state index is -1.78. The van der Waals surface area contributed by atoms with Crippen molar-refractivity contribution < 1.29 is 29.6 Å². The maximum atomic E-state index is 13.2. The van der Waals surface area contributed by atoms with Crippen LogP contribution in [-0.4, -0.2) is 40.0 Å². The molecule has 0 saturated heterocycles. The molecule has 0 fully saturated rings.